The molecule has 0 aromatic heterocycles. The third kappa shape index (κ3) is 3.04. The Morgan fingerprint density at radius 3 is 2.41 bits per heavy atom. The third-order valence-electron chi connectivity index (χ3n) is 2.79. The van der Waals surface area contributed by atoms with Crippen LogP contribution in [0.15, 0.2) is 29.8 Å². The number of nitrogens with zero attached hydrogens (tertiary/aromatic N) is 1. The Bertz CT molecular complexity index is 504. The maximum atomic E-state index is 11.6. The number of rotatable bonds is 3. The zero-order chi connectivity index (χ0) is 13.0. The number of Topliss-reactive ketones (excluding diaryl/α,β-unsaturated/α-hetero) is 1. The van der Waals surface area contributed by atoms with Crippen LogP contribution in [0.5, 0.6) is 0 Å². The number of hydrogen-bond acceptors (Lipinski definition) is 2. The largest absolute Gasteiger partial charge is 0.295 e. The van der Waals surface area contributed by atoms with E-state index >= 15 is 0 Å². The van der Waals surface area contributed by atoms with E-state index < -0.39 is 0 Å². The van der Waals surface area contributed by atoms with Crippen LogP contribution in [0.25, 0.3) is 5.57 Å². The van der Waals surface area contributed by atoms with Gasteiger partial charge in [-0.1, -0.05) is 26.0 Å². The summed E-state index contributed by atoms with van der Waals surface area (Å²) in [5, 5.41) is 8.87. The average Bonchev–Trinajstić information content (AvgIpc) is 2.28. The molecule has 0 atom stereocenters. The van der Waals surface area contributed by atoms with Crippen LogP contribution in [0, 0.1) is 17.2 Å². The molecule has 0 saturated heterocycles. The van der Waals surface area contributed by atoms with E-state index in [9.17, 15) is 4.79 Å². The van der Waals surface area contributed by atoms with E-state index in [1.807, 2.05) is 39.0 Å². The fourth-order valence-corrected chi connectivity index (χ4v) is 2.08. The molecule has 0 amide bonds. The molecule has 0 bridgehead atoms. The highest BCUT2D eigenvalue weighted by Crippen LogP contribution is 2.24. The highest BCUT2D eigenvalue weighted by Gasteiger charge is 2.13. The van der Waals surface area contributed by atoms with Gasteiger partial charge < -0.3 is 0 Å². The Morgan fingerprint density at radius 1 is 1.29 bits per heavy atom. The number of hydrogen-bond donors (Lipinski definition) is 0. The number of carbonyl (C=O) groups is 1. The predicted octanol–water partition coefficient (Wildman–Crippen LogP) is 3.58. The van der Waals surface area contributed by atoms with Crippen LogP contribution in [0.3, 0.4) is 0 Å². The maximum absolute atomic E-state index is 11.6. The summed E-state index contributed by atoms with van der Waals surface area (Å²) >= 11 is 0. The molecule has 2 heteroatoms. The second kappa shape index (κ2) is 5.45. The number of ketones is 1. The van der Waals surface area contributed by atoms with Crippen LogP contribution in [-0.2, 0) is 4.79 Å². The molecule has 1 rings (SSSR count). The van der Waals surface area contributed by atoms with E-state index in [0.29, 0.717) is 5.56 Å². The minimum absolute atomic E-state index is 0.0971. The number of nitriles is 1. The topological polar surface area (TPSA) is 40.9 Å². The Hall–Kier alpha value is -1.88. The van der Waals surface area contributed by atoms with E-state index in [2.05, 4.69) is 6.07 Å². The van der Waals surface area contributed by atoms with Crippen molar-refractivity contribution >= 4 is 11.4 Å². The number of carbonyl (C=O) groups excluding carboxylic acids is 1. The van der Waals surface area contributed by atoms with Crippen molar-refractivity contribution in [1.29, 1.82) is 5.26 Å². The lowest BCUT2D eigenvalue weighted by Crippen LogP contribution is -2.06. The Balaban J connectivity index is 3.35. The molecule has 2 nitrogen and oxygen atoms in total. The van der Waals surface area contributed by atoms with Gasteiger partial charge in [-0.15, -0.1) is 0 Å². The molecule has 0 aliphatic rings. The lowest BCUT2D eigenvalue weighted by atomic mass is 9.90. The van der Waals surface area contributed by atoms with Crippen LogP contribution >= 0.6 is 0 Å². The van der Waals surface area contributed by atoms with Crippen molar-refractivity contribution in [2.75, 3.05) is 0 Å². The molecule has 0 N–H and O–H groups in total. The molecule has 1 aromatic rings. The molecule has 0 spiro atoms. The van der Waals surface area contributed by atoms with Gasteiger partial charge in [0.2, 0.25) is 0 Å². The van der Waals surface area contributed by atoms with Crippen LogP contribution in [0.2, 0.25) is 0 Å². The smallest absolute Gasteiger partial charge is 0.156 e. The van der Waals surface area contributed by atoms with Gasteiger partial charge in [-0.25, -0.2) is 0 Å². The minimum Gasteiger partial charge on any atom is -0.295 e. The van der Waals surface area contributed by atoms with Gasteiger partial charge in [0.05, 0.1) is 11.6 Å². The summed E-state index contributed by atoms with van der Waals surface area (Å²) in [6, 6.07) is 9.47. The maximum Gasteiger partial charge on any atom is 0.156 e. The molecule has 0 aliphatic heterocycles. The second-order valence-electron chi connectivity index (χ2n) is 4.44. The lowest BCUT2D eigenvalue weighted by molar-refractivity contribution is -0.113. The average molecular weight is 227 g/mol. The van der Waals surface area contributed by atoms with Gasteiger partial charge in [-0.05, 0) is 43.0 Å². The fourth-order valence-electron chi connectivity index (χ4n) is 2.08. The fraction of sp³-hybridized carbons (Fsp3) is 0.333. The van der Waals surface area contributed by atoms with Gasteiger partial charge in [0.25, 0.3) is 0 Å². The highest BCUT2D eigenvalue weighted by molar-refractivity contribution is 6.01. The summed E-state index contributed by atoms with van der Waals surface area (Å²) in [6.07, 6.45) is 0. The summed E-state index contributed by atoms with van der Waals surface area (Å²) in [4.78, 5) is 11.6. The van der Waals surface area contributed by atoms with Crippen molar-refractivity contribution in [2.24, 2.45) is 5.92 Å². The molecule has 17 heavy (non-hydrogen) atoms. The lowest BCUT2D eigenvalue weighted by Gasteiger charge is -2.13. The van der Waals surface area contributed by atoms with Gasteiger partial charge in [-0.2, -0.15) is 5.26 Å². The van der Waals surface area contributed by atoms with Crippen molar-refractivity contribution in [3.63, 3.8) is 0 Å². The zero-order valence-electron chi connectivity index (χ0n) is 10.7. The molecule has 0 radical (unpaired) electrons. The van der Waals surface area contributed by atoms with Crippen molar-refractivity contribution in [3.8, 4) is 6.07 Å². The molecule has 1 aromatic carbocycles. The normalized spacial score (nSPS) is 12.0. The SMILES string of the molecule is CC(=O)C(=C(C)c1cccc(C#N)c1)C(C)C. The van der Waals surface area contributed by atoms with E-state index in [0.717, 1.165) is 16.7 Å². The molecule has 0 aliphatic carbocycles. The van der Waals surface area contributed by atoms with E-state index in [1.165, 1.54) is 0 Å². The van der Waals surface area contributed by atoms with Gasteiger partial charge >= 0.3 is 0 Å². The second-order valence-corrected chi connectivity index (χ2v) is 4.44. The Morgan fingerprint density at radius 2 is 1.94 bits per heavy atom. The van der Waals surface area contributed by atoms with Crippen LogP contribution in [-0.4, -0.2) is 5.78 Å². The molecule has 0 heterocycles. The summed E-state index contributed by atoms with van der Waals surface area (Å²) in [7, 11) is 0. The first kappa shape index (κ1) is 13.2. The van der Waals surface area contributed by atoms with Crippen LogP contribution in [0.1, 0.15) is 38.8 Å². The molecule has 0 unspecified atom stereocenters. The quantitative estimate of drug-likeness (QED) is 0.740. The Labute approximate surface area is 103 Å². The van der Waals surface area contributed by atoms with Crippen molar-refractivity contribution in [3.05, 3.63) is 41.0 Å². The molecular weight excluding hydrogens is 210 g/mol. The number of allylic oxidation sites excluding steroid dienone is 2. The van der Waals surface area contributed by atoms with Gasteiger partial charge in [0.1, 0.15) is 0 Å². The van der Waals surface area contributed by atoms with Crippen molar-refractivity contribution in [2.45, 2.75) is 27.7 Å². The summed E-state index contributed by atoms with van der Waals surface area (Å²) < 4.78 is 0. The summed E-state index contributed by atoms with van der Waals surface area (Å²) in [5.41, 5.74) is 3.36. The molecule has 0 saturated carbocycles. The van der Waals surface area contributed by atoms with E-state index in [1.54, 1.807) is 13.0 Å². The first-order valence-electron chi connectivity index (χ1n) is 5.69. The van der Waals surface area contributed by atoms with Crippen LogP contribution < -0.4 is 0 Å². The third-order valence-corrected chi connectivity index (χ3v) is 2.79. The predicted molar refractivity (Wildman–Crippen MR) is 69.3 cm³/mol. The van der Waals surface area contributed by atoms with Gasteiger partial charge in [-0.3, -0.25) is 4.79 Å². The Kier molecular flexibility index (Phi) is 4.23. The molecule has 88 valence electrons. The molecular formula is C15H17NO. The van der Waals surface area contributed by atoms with Gasteiger partial charge in [0, 0.05) is 5.57 Å². The van der Waals surface area contributed by atoms with Crippen LogP contribution in [0.4, 0.5) is 0 Å². The summed E-state index contributed by atoms with van der Waals surface area (Å²) in [6.45, 7) is 7.54. The zero-order valence-corrected chi connectivity index (χ0v) is 10.7. The van der Waals surface area contributed by atoms with Crippen molar-refractivity contribution < 1.29 is 4.79 Å². The summed E-state index contributed by atoms with van der Waals surface area (Å²) in [5.74, 6) is 0.290. The minimum atomic E-state index is 0.0971. The number of benzene rings is 1. The standard InChI is InChI=1S/C15H17NO/c1-10(2)15(12(4)17)11(3)14-7-5-6-13(8-14)9-16/h5-8,10H,1-4H3. The van der Waals surface area contributed by atoms with E-state index in [4.69, 9.17) is 5.26 Å². The first-order valence-corrected chi connectivity index (χ1v) is 5.69. The van der Waals surface area contributed by atoms with E-state index in [-0.39, 0.29) is 11.7 Å². The molecule has 0 fully saturated rings. The highest BCUT2D eigenvalue weighted by atomic mass is 16.1. The monoisotopic (exact) mass is 227 g/mol. The first-order chi connectivity index (χ1) is 7.97. The van der Waals surface area contributed by atoms with Crippen molar-refractivity contribution in [1.82, 2.24) is 0 Å². The van der Waals surface area contributed by atoms with Gasteiger partial charge in [0.15, 0.2) is 5.78 Å².